The maximum atomic E-state index is 14.5. The van der Waals surface area contributed by atoms with E-state index in [9.17, 15) is 19.5 Å². The normalized spacial score (nSPS) is 13.9. The molecule has 3 N–H and O–H groups in total. The Morgan fingerprint density at radius 3 is 2.10 bits per heavy atom. The first kappa shape index (κ1) is 33.7. The third-order valence-corrected chi connectivity index (χ3v) is 6.96. The molecule has 0 aliphatic heterocycles. The average molecular weight is 568 g/mol. The van der Waals surface area contributed by atoms with E-state index in [2.05, 4.69) is 24.5 Å². The van der Waals surface area contributed by atoms with Gasteiger partial charge in [0.2, 0.25) is 5.91 Å². The molecule has 0 saturated heterocycles. The van der Waals surface area contributed by atoms with Crippen LogP contribution in [0.25, 0.3) is 0 Å². The van der Waals surface area contributed by atoms with Crippen LogP contribution < -0.4 is 10.6 Å². The van der Waals surface area contributed by atoms with E-state index in [1.54, 1.807) is 50.8 Å². The Balaban J connectivity index is 2.66. The molecule has 0 radical (unpaired) electrons. The lowest BCUT2D eigenvalue weighted by atomic mass is 9.94. The fourth-order valence-corrected chi connectivity index (χ4v) is 4.62. The first-order valence-electron chi connectivity index (χ1n) is 14.5. The molecule has 0 aliphatic carbocycles. The second-order valence-corrected chi connectivity index (χ2v) is 12.7. The van der Waals surface area contributed by atoms with Crippen molar-refractivity contribution in [2.45, 2.75) is 106 Å². The van der Waals surface area contributed by atoms with E-state index in [0.717, 1.165) is 12.0 Å². The van der Waals surface area contributed by atoms with Crippen LogP contribution >= 0.6 is 0 Å². The molecule has 8 heteroatoms. The minimum Gasteiger partial charge on any atom is -0.508 e. The molecular formula is C33H49N3O5. The average Bonchev–Trinajstić information content (AvgIpc) is 2.85. The molecule has 0 bridgehead atoms. The summed E-state index contributed by atoms with van der Waals surface area (Å²) in [6.07, 6.45) is 0.810. The molecule has 2 aromatic carbocycles. The highest BCUT2D eigenvalue weighted by Crippen LogP contribution is 2.32. The number of carbonyl (C=O) groups excluding carboxylic acids is 3. The van der Waals surface area contributed by atoms with Gasteiger partial charge in [-0.25, -0.2) is 4.79 Å². The number of anilines is 1. The SMILES string of the molecule is Cc1cc(C(C(=O)Nc2ccccc2C)N(C(=O)C(NC(=O)OC(C)(C)C)C(C)C)C(C)CCC(C)C)ccc1O. The van der Waals surface area contributed by atoms with Crippen molar-refractivity contribution < 1.29 is 24.2 Å². The van der Waals surface area contributed by atoms with Crippen LogP contribution in [0.2, 0.25) is 0 Å². The van der Waals surface area contributed by atoms with E-state index >= 15 is 0 Å². The molecular weight excluding hydrogens is 518 g/mol. The molecule has 0 heterocycles. The zero-order valence-corrected chi connectivity index (χ0v) is 26.4. The fourth-order valence-electron chi connectivity index (χ4n) is 4.62. The van der Waals surface area contributed by atoms with Gasteiger partial charge in [0.25, 0.3) is 5.91 Å². The van der Waals surface area contributed by atoms with E-state index in [1.165, 1.54) is 0 Å². The third kappa shape index (κ3) is 9.80. The predicted molar refractivity (Wildman–Crippen MR) is 164 cm³/mol. The standard InChI is InChI=1S/C33H49N3O5/c1-20(2)15-16-24(7)36(31(39)28(21(3)4)35-32(40)41-33(8,9)10)29(25-17-18-27(37)23(6)19-25)30(38)34-26-14-12-11-13-22(26)5/h11-14,17-21,24,28-29,37H,15-16H2,1-10H3,(H,34,38)(H,35,40). The summed E-state index contributed by atoms with van der Waals surface area (Å²) in [6.45, 7) is 18.8. The molecule has 8 nitrogen and oxygen atoms in total. The van der Waals surface area contributed by atoms with Crippen LogP contribution in [-0.2, 0) is 14.3 Å². The van der Waals surface area contributed by atoms with Crippen LogP contribution in [0.15, 0.2) is 42.5 Å². The van der Waals surface area contributed by atoms with Gasteiger partial charge in [-0.2, -0.15) is 0 Å². The van der Waals surface area contributed by atoms with Crippen molar-refractivity contribution in [1.29, 1.82) is 0 Å². The number of ether oxygens (including phenoxy) is 1. The number of hydrogen-bond donors (Lipinski definition) is 3. The number of rotatable bonds is 11. The van der Waals surface area contributed by atoms with Crippen molar-refractivity contribution in [1.82, 2.24) is 10.2 Å². The van der Waals surface area contributed by atoms with E-state index in [1.807, 2.05) is 52.0 Å². The van der Waals surface area contributed by atoms with Gasteiger partial charge in [-0.05, 0) is 101 Å². The first-order chi connectivity index (χ1) is 19.0. The molecule has 0 fully saturated rings. The molecule has 3 atom stereocenters. The van der Waals surface area contributed by atoms with Crippen molar-refractivity contribution in [3.05, 3.63) is 59.2 Å². The van der Waals surface area contributed by atoms with Crippen molar-refractivity contribution in [3.63, 3.8) is 0 Å². The summed E-state index contributed by atoms with van der Waals surface area (Å²) in [5, 5.41) is 16.1. The monoisotopic (exact) mass is 567 g/mol. The number of nitrogens with one attached hydrogen (secondary N) is 2. The van der Waals surface area contributed by atoms with E-state index in [-0.39, 0.29) is 29.5 Å². The molecule has 0 aromatic heterocycles. The summed E-state index contributed by atoms with van der Waals surface area (Å²) in [4.78, 5) is 43.1. The summed E-state index contributed by atoms with van der Waals surface area (Å²) in [5.74, 6) is -0.544. The highest BCUT2D eigenvalue weighted by atomic mass is 16.6. The van der Waals surface area contributed by atoms with Crippen molar-refractivity contribution in [2.24, 2.45) is 11.8 Å². The number of hydrogen-bond acceptors (Lipinski definition) is 5. The number of aryl methyl sites for hydroxylation is 2. The predicted octanol–water partition coefficient (Wildman–Crippen LogP) is 6.89. The van der Waals surface area contributed by atoms with Crippen molar-refractivity contribution in [3.8, 4) is 5.75 Å². The lowest BCUT2D eigenvalue weighted by molar-refractivity contribution is -0.144. The highest BCUT2D eigenvalue weighted by molar-refractivity contribution is 5.99. The van der Waals surface area contributed by atoms with Gasteiger partial charge in [0.1, 0.15) is 23.4 Å². The Hall–Kier alpha value is -3.55. The van der Waals surface area contributed by atoms with E-state index in [4.69, 9.17) is 4.74 Å². The van der Waals surface area contributed by atoms with Gasteiger partial charge in [-0.1, -0.05) is 52.0 Å². The Kier molecular flexibility index (Phi) is 11.8. The molecule has 226 valence electrons. The number of para-hydroxylation sites is 1. The second-order valence-electron chi connectivity index (χ2n) is 12.7. The van der Waals surface area contributed by atoms with Crippen LogP contribution in [0.3, 0.4) is 0 Å². The maximum absolute atomic E-state index is 14.5. The van der Waals surface area contributed by atoms with Gasteiger partial charge in [0.15, 0.2) is 0 Å². The van der Waals surface area contributed by atoms with E-state index in [0.29, 0.717) is 29.2 Å². The Bertz CT molecular complexity index is 1200. The van der Waals surface area contributed by atoms with Gasteiger partial charge in [-0.3, -0.25) is 9.59 Å². The zero-order chi connectivity index (χ0) is 31.1. The number of nitrogens with zero attached hydrogens (tertiary/aromatic N) is 1. The molecule has 3 unspecified atom stereocenters. The minimum atomic E-state index is -1.02. The Morgan fingerprint density at radius 1 is 0.927 bits per heavy atom. The molecule has 0 saturated carbocycles. The topological polar surface area (TPSA) is 108 Å². The maximum Gasteiger partial charge on any atom is 0.408 e. The van der Waals surface area contributed by atoms with Gasteiger partial charge in [-0.15, -0.1) is 0 Å². The molecule has 0 spiro atoms. The number of aromatic hydroxyl groups is 1. The molecule has 2 rings (SSSR count). The van der Waals surface area contributed by atoms with Crippen molar-refractivity contribution in [2.75, 3.05) is 5.32 Å². The number of phenols is 1. The smallest absolute Gasteiger partial charge is 0.408 e. The van der Waals surface area contributed by atoms with Gasteiger partial charge >= 0.3 is 6.09 Å². The largest absolute Gasteiger partial charge is 0.508 e. The minimum absolute atomic E-state index is 0.101. The summed E-state index contributed by atoms with van der Waals surface area (Å²) in [6, 6.07) is 10.1. The van der Waals surface area contributed by atoms with Gasteiger partial charge in [0.05, 0.1) is 0 Å². The van der Waals surface area contributed by atoms with Crippen LogP contribution in [0.1, 0.15) is 91.0 Å². The Morgan fingerprint density at radius 2 is 1.56 bits per heavy atom. The van der Waals surface area contributed by atoms with Gasteiger partial charge in [0, 0.05) is 11.7 Å². The summed E-state index contributed by atoms with van der Waals surface area (Å²) in [7, 11) is 0. The molecule has 3 amide bonds. The highest BCUT2D eigenvalue weighted by Gasteiger charge is 2.40. The Labute approximate surface area is 245 Å². The molecule has 0 aliphatic rings. The summed E-state index contributed by atoms with van der Waals surface area (Å²) >= 11 is 0. The van der Waals surface area contributed by atoms with Gasteiger partial charge < -0.3 is 25.4 Å². The lowest BCUT2D eigenvalue weighted by Crippen LogP contribution is -2.56. The third-order valence-electron chi connectivity index (χ3n) is 6.96. The number of alkyl carbamates (subject to hydrolysis) is 1. The molecule has 41 heavy (non-hydrogen) atoms. The quantitative estimate of drug-likeness (QED) is 0.274. The fraction of sp³-hybridized carbons (Fsp3) is 0.545. The van der Waals surface area contributed by atoms with E-state index < -0.39 is 23.8 Å². The second kappa shape index (κ2) is 14.4. The lowest BCUT2D eigenvalue weighted by Gasteiger charge is -2.39. The van der Waals surface area contributed by atoms with Crippen molar-refractivity contribution >= 4 is 23.6 Å². The number of benzene rings is 2. The first-order valence-corrected chi connectivity index (χ1v) is 14.5. The molecule has 2 aromatic rings. The zero-order valence-electron chi connectivity index (χ0n) is 26.4. The van der Waals surface area contributed by atoms with Crippen LogP contribution in [-0.4, -0.2) is 45.6 Å². The summed E-state index contributed by atoms with van der Waals surface area (Å²) < 4.78 is 5.47. The van der Waals surface area contributed by atoms with Crippen LogP contribution in [0, 0.1) is 25.7 Å². The number of carbonyl (C=O) groups is 3. The van der Waals surface area contributed by atoms with Crippen LogP contribution in [0.4, 0.5) is 10.5 Å². The summed E-state index contributed by atoms with van der Waals surface area (Å²) in [5.41, 5.74) is 1.95. The van der Waals surface area contributed by atoms with Crippen LogP contribution in [0.5, 0.6) is 5.75 Å². The number of phenolic OH excluding ortho intramolecular Hbond substituents is 1. The number of amides is 3.